The molecule has 0 aromatic heterocycles. The average Bonchev–Trinajstić information content (AvgIpc) is 1.81. The van der Waals surface area contributed by atoms with Gasteiger partial charge in [0.25, 0.3) is 0 Å². The fourth-order valence-electron chi connectivity index (χ4n) is 0.260. The summed E-state index contributed by atoms with van der Waals surface area (Å²) in [6.07, 6.45) is 0. The van der Waals surface area contributed by atoms with Crippen LogP contribution in [0.3, 0.4) is 0 Å². The quantitative estimate of drug-likeness (QED) is 0.299. The van der Waals surface area contributed by atoms with Crippen molar-refractivity contribution >= 4 is 0 Å². The molecule has 0 amide bonds. The van der Waals surface area contributed by atoms with Crippen molar-refractivity contribution in [2.45, 2.75) is 0 Å². The van der Waals surface area contributed by atoms with Crippen molar-refractivity contribution < 1.29 is 20.0 Å². The zero-order valence-corrected chi connectivity index (χ0v) is 4.50. The van der Waals surface area contributed by atoms with Gasteiger partial charge in [-0.05, 0) is 5.26 Å². The monoisotopic (exact) mass is 121 g/mol. The Hall–Kier alpha value is -0.160. The third-order valence-corrected chi connectivity index (χ3v) is 0.547. The van der Waals surface area contributed by atoms with Gasteiger partial charge in [0.05, 0.1) is 19.8 Å². The standard InChI is InChI=1S/C4H9O4/c5-1-2-7-3-4-8-6/h5H,1-4H2. The molecule has 8 heavy (non-hydrogen) atoms. The fourth-order valence-corrected chi connectivity index (χ4v) is 0.260. The molecule has 0 atom stereocenters. The van der Waals surface area contributed by atoms with E-state index in [0.29, 0.717) is 0 Å². The van der Waals surface area contributed by atoms with Crippen molar-refractivity contribution in [3.8, 4) is 0 Å². The molecule has 0 aromatic rings. The first-order chi connectivity index (χ1) is 3.91. The SMILES string of the molecule is [O]OCCOCCO. The largest absolute Gasteiger partial charge is 0.394 e. The fraction of sp³-hybridized carbons (Fsp3) is 1.00. The molecule has 0 spiro atoms. The third kappa shape index (κ3) is 5.84. The first-order valence-electron chi connectivity index (χ1n) is 2.35. The van der Waals surface area contributed by atoms with Crippen molar-refractivity contribution in [3.05, 3.63) is 0 Å². The summed E-state index contributed by atoms with van der Waals surface area (Å²) in [5.74, 6) is 0. The van der Waals surface area contributed by atoms with E-state index >= 15 is 0 Å². The van der Waals surface area contributed by atoms with Crippen molar-refractivity contribution in [2.24, 2.45) is 0 Å². The molecule has 49 valence electrons. The zero-order valence-electron chi connectivity index (χ0n) is 4.50. The van der Waals surface area contributed by atoms with E-state index in [1.165, 1.54) is 0 Å². The van der Waals surface area contributed by atoms with Crippen molar-refractivity contribution in [1.82, 2.24) is 0 Å². The Morgan fingerprint density at radius 1 is 1.25 bits per heavy atom. The summed E-state index contributed by atoms with van der Waals surface area (Å²) in [5, 5.41) is 17.4. The number of ether oxygens (including phenoxy) is 1. The second-order valence-corrected chi connectivity index (χ2v) is 1.16. The van der Waals surface area contributed by atoms with Crippen LogP contribution in [0, 0.1) is 0 Å². The molecule has 0 aliphatic rings. The summed E-state index contributed by atoms with van der Waals surface area (Å²) in [7, 11) is 0. The topological polar surface area (TPSA) is 58.6 Å². The van der Waals surface area contributed by atoms with Crippen LogP contribution in [0.4, 0.5) is 0 Å². The van der Waals surface area contributed by atoms with Crippen LogP contribution in [0.25, 0.3) is 0 Å². The minimum atomic E-state index is -0.0150. The predicted octanol–water partition coefficient (Wildman–Crippen LogP) is -0.643. The highest BCUT2D eigenvalue weighted by atomic mass is 17.1. The van der Waals surface area contributed by atoms with E-state index < -0.39 is 0 Å². The van der Waals surface area contributed by atoms with Crippen molar-refractivity contribution in [1.29, 1.82) is 0 Å². The molecule has 4 nitrogen and oxygen atoms in total. The van der Waals surface area contributed by atoms with Crippen LogP contribution in [-0.4, -0.2) is 31.5 Å². The molecule has 4 heteroatoms. The number of hydrogen-bond donors (Lipinski definition) is 1. The van der Waals surface area contributed by atoms with Gasteiger partial charge in [0, 0.05) is 0 Å². The lowest BCUT2D eigenvalue weighted by molar-refractivity contribution is -0.308. The van der Waals surface area contributed by atoms with Gasteiger partial charge in [-0.1, -0.05) is 0 Å². The van der Waals surface area contributed by atoms with Gasteiger partial charge < -0.3 is 9.84 Å². The Morgan fingerprint density at radius 2 is 2.00 bits per heavy atom. The van der Waals surface area contributed by atoms with E-state index in [9.17, 15) is 5.26 Å². The minimum Gasteiger partial charge on any atom is -0.394 e. The molecule has 0 aliphatic carbocycles. The molecule has 1 N–H and O–H groups in total. The number of aliphatic hydroxyl groups excluding tert-OH is 1. The zero-order chi connectivity index (χ0) is 6.24. The number of rotatable bonds is 5. The first kappa shape index (κ1) is 7.84. The van der Waals surface area contributed by atoms with Crippen LogP contribution in [-0.2, 0) is 14.9 Å². The number of aliphatic hydroxyl groups is 1. The van der Waals surface area contributed by atoms with Gasteiger partial charge in [-0.25, -0.2) is 4.89 Å². The van der Waals surface area contributed by atoms with Crippen LogP contribution in [0.2, 0.25) is 0 Å². The van der Waals surface area contributed by atoms with E-state index in [1.54, 1.807) is 0 Å². The lowest BCUT2D eigenvalue weighted by Crippen LogP contribution is -2.04. The van der Waals surface area contributed by atoms with Crippen molar-refractivity contribution in [3.63, 3.8) is 0 Å². The molecule has 0 heterocycles. The summed E-state index contributed by atoms with van der Waals surface area (Å²) in [6.45, 7) is 0.548. The third-order valence-electron chi connectivity index (χ3n) is 0.547. The molecule has 0 fully saturated rings. The summed E-state index contributed by atoms with van der Waals surface area (Å²) in [5.41, 5.74) is 0. The molecule has 0 rings (SSSR count). The molecule has 0 aromatic carbocycles. The molecular weight excluding hydrogens is 112 g/mol. The highest BCUT2D eigenvalue weighted by Crippen LogP contribution is 1.72. The van der Waals surface area contributed by atoms with E-state index in [4.69, 9.17) is 5.11 Å². The van der Waals surface area contributed by atoms with E-state index in [-0.39, 0.29) is 26.4 Å². The molecule has 0 unspecified atom stereocenters. The lowest BCUT2D eigenvalue weighted by Gasteiger charge is -1.96. The highest BCUT2D eigenvalue weighted by molar-refractivity contribution is 4.25. The van der Waals surface area contributed by atoms with Crippen molar-refractivity contribution in [2.75, 3.05) is 26.4 Å². The summed E-state index contributed by atoms with van der Waals surface area (Å²) < 4.78 is 4.65. The maximum absolute atomic E-state index is 9.25. The van der Waals surface area contributed by atoms with E-state index in [2.05, 4.69) is 9.62 Å². The Morgan fingerprint density at radius 3 is 2.50 bits per heavy atom. The maximum Gasteiger partial charge on any atom is 0.109 e. The van der Waals surface area contributed by atoms with Gasteiger partial charge in [-0.3, -0.25) is 0 Å². The van der Waals surface area contributed by atoms with Gasteiger partial charge in [0.15, 0.2) is 0 Å². The first-order valence-corrected chi connectivity index (χ1v) is 2.35. The molecule has 0 saturated carbocycles. The Kier molecular flexibility index (Phi) is 6.70. The Labute approximate surface area is 47.6 Å². The van der Waals surface area contributed by atoms with Crippen LogP contribution in [0.15, 0.2) is 0 Å². The molecule has 0 aliphatic heterocycles. The average molecular weight is 121 g/mol. The highest BCUT2D eigenvalue weighted by Gasteiger charge is 1.84. The van der Waals surface area contributed by atoms with Gasteiger partial charge in [-0.15, -0.1) is 0 Å². The smallest absolute Gasteiger partial charge is 0.109 e. The summed E-state index contributed by atoms with van der Waals surface area (Å²) in [4.78, 5) is 3.43. The summed E-state index contributed by atoms with van der Waals surface area (Å²) in [6, 6.07) is 0. The van der Waals surface area contributed by atoms with Gasteiger partial charge in [0.2, 0.25) is 0 Å². The Bertz CT molecular complexity index is 33.0. The Balaban J connectivity index is 2.53. The van der Waals surface area contributed by atoms with E-state index in [0.717, 1.165) is 0 Å². The van der Waals surface area contributed by atoms with Crippen LogP contribution in [0.5, 0.6) is 0 Å². The van der Waals surface area contributed by atoms with Gasteiger partial charge >= 0.3 is 0 Å². The normalized spacial score (nSPS) is 9.75. The van der Waals surface area contributed by atoms with E-state index in [1.807, 2.05) is 0 Å². The molecule has 0 bridgehead atoms. The molecule has 1 radical (unpaired) electrons. The minimum absolute atomic E-state index is 0.0150. The lowest BCUT2D eigenvalue weighted by atomic mass is 10.7. The summed E-state index contributed by atoms with van der Waals surface area (Å²) >= 11 is 0. The van der Waals surface area contributed by atoms with Gasteiger partial charge in [-0.2, -0.15) is 0 Å². The van der Waals surface area contributed by atoms with Crippen LogP contribution < -0.4 is 0 Å². The predicted molar refractivity (Wildman–Crippen MR) is 24.5 cm³/mol. The second-order valence-electron chi connectivity index (χ2n) is 1.16. The maximum atomic E-state index is 9.25. The van der Waals surface area contributed by atoms with Gasteiger partial charge in [0.1, 0.15) is 6.61 Å². The molecule has 0 saturated heterocycles. The number of hydrogen-bond acceptors (Lipinski definition) is 3. The molecular formula is C4H9O4. The second kappa shape index (κ2) is 6.84. The van der Waals surface area contributed by atoms with Crippen LogP contribution >= 0.6 is 0 Å². The van der Waals surface area contributed by atoms with Crippen LogP contribution in [0.1, 0.15) is 0 Å².